The quantitative estimate of drug-likeness (QED) is 0.271. The van der Waals surface area contributed by atoms with Gasteiger partial charge in [-0.25, -0.2) is 4.99 Å². The molecule has 27 heavy (non-hydrogen) atoms. The molecule has 0 aromatic rings. The zero-order valence-electron chi connectivity index (χ0n) is 18.0. The van der Waals surface area contributed by atoms with E-state index in [1.807, 2.05) is 6.92 Å². The number of carbonyl (C=O) groups excluding carboxylic acids is 1. The topological polar surface area (TPSA) is 57.2 Å². The number of ether oxygens (including phenoxy) is 1. The van der Waals surface area contributed by atoms with Gasteiger partial charge in [-0.05, 0) is 25.7 Å². The minimum Gasteiger partial charge on any atom is -0.381 e. The third kappa shape index (κ3) is 10.5. The summed E-state index contributed by atoms with van der Waals surface area (Å²) in [5.41, 5.74) is 0. The third-order valence-electron chi connectivity index (χ3n) is 5.10. The predicted molar refractivity (Wildman–Crippen MR) is 124 cm³/mol. The SMILES string of the molecule is CCCCC(CC)CNC(=NCC(=O)N(C)C)N1CCC(COCC)C1.I. The van der Waals surface area contributed by atoms with Crippen LogP contribution in [0.25, 0.3) is 0 Å². The van der Waals surface area contributed by atoms with Gasteiger partial charge in [0, 0.05) is 46.3 Å². The van der Waals surface area contributed by atoms with Crippen molar-refractivity contribution < 1.29 is 9.53 Å². The number of nitrogens with zero attached hydrogens (tertiary/aromatic N) is 3. The molecule has 6 nitrogen and oxygen atoms in total. The smallest absolute Gasteiger partial charge is 0.243 e. The second kappa shape index (κ2) is 15.4. The summed E-state index contributed by atoms with van der Waals surface area (Å²) in [6, 6.07) is 0. The van der Waals surface area contributed by atoms with Crippen molar-refractivity contribution in [1.82, 2.24) is 15.1 Å². The van der Waals surface area contributed by atoms with Crippen molar-refractivity contribution in [3.05, 3.63) is 0 Å². The largest absolute Gasteiger partial charge is 0.381 e. The highest BCUT2D eigenvalue weighted by molar-refractivity contribution is 14.0. The van der Waals surface area contributed by atoms with Crippen molar-refractivity contribution in [2.75, 3.05) is 53.5 Å². The molecule has 1 heterocycles. The van der Waals surface area contributed by atoms with Gasteiger partial charge in [-0.15, -0.1) is 24.0 Å². The van der Waals surface area contributed by atoms with Crippen molar-refractivity contribution in [3.63, 3.8) is 0 Å². The molecule has 2 unspecified atom stereocenters. The lowest BCUT2D eigenvalue weighted by molar-refractivity contribution is -0.127. The van der Waals surface area contributed by atoms with E-state index in [0.29, 0.717) is 11.8 Å². The summed E-state index contributed by atoms with van der Waals surface area (Å²) in [6.45, 7) is 11.2. The molecule has 1 amide bonds. The summed E-state index contributed by atoms with van der Waals surface area (Å²) >= 11 is 0. The summed E-state index contributed by atoms with van der Waals surface area (Å²) < 4.78 is 5.59. The standard InChI is InChI=1S/C20H40N4O2.HI/c1-6-9-10-17(7-2)13-21-20(22-14-19(25)23(4)5)24-12-11-18(15-24)16-26-8-3;/h17-18H,6-16H2,1-5H3,(H,21,22);1H. The van der Waals surface area contributed by atoms with Crippen molar-refractivity contribution >= 4 is 35.8 Å². The lowest BCUT2D eigenvalue weighted by atomic mass is 9.99. The summed E-state index contributed by atoms with van der Waals surface area (Å²) in [5.74, 6) is 2.13. The van der Waals surface area contributed by atoms with Crippen molar-refractivity contribution in [1.29, 1.82) is 0 Å². The predicted octanol–water partition coefficient (Wildman–Crippen LogP) is 3.21. The Morgan fingerprint density at radius 3 is 2.67 bits per heavy atom. The van der Waals surface area contributed by atoms with Crippen LogP contribution in [0, 0.1) is 11.8 Å². The van der Waals surface area contributed by atoms with Gasteiger partial charge in [0.25, 0.3) is 0 Å². The van der Waals surface area contributed by atoms with Crippen molar-refractivity contribution in [2.24, 2.45) is 16.8 Å². The Hall–Kier alpha value is -0.570. The Kier molecular flexibility index (Phi) is 15.0. The number of aliphatic imine (C=N–C) groups is 1. The van der Waals surface area contributed by atoms with E-state index in [4.69, 9.17) is 4.74 Å². The normalized spacial score (nSPS) is 18.2. The van der Waals surface area contributed by atoms with E-state index in [-0.39, 0.29) is 36.4 Å². The van der Waals surface area contributed by atoms with E-state index in [1.165, 1.54) is 25.7 Å². The van der Waals surface area contributed by atoms with Gasteiger partial charge in [0.1, 0.15) is 6.54 Å². The minimum atomic E-state index is 0. The molecule has 160 valence electrons. The van der Waals surface area contributed by atoms with Crippen LogP contribution in [0.15, 0.2) is 4.99 Å². The van der Waals surface area contributed by atoms with Gasteiger partial charge in [-0.3, -0.25) is 4.79 Å². The molecular formula is C20H41IN4O2. The molecular weight excluding hydrogens is 455 g/mol. The first-order chi connectivity index (χ1) is 12.5. The molecule has 2 atom stereocenters. The van der Waals surface area contributed by atoms with Crippen LogP contribution in [0.3, 0.4) is 0 Å². The van der Waals surface area contributed by atoms with Crippen LogP contribution in [0.2, 0.25) is 0 Å². The number of amides is 1. The van der Waals surface area contributed by atoms with Gasteiger partial charge < -0.3 is 19.9 Å². The number of hydrogen-bond donors (Lipinski definition) is 1. The molecule has 0 aromatic heterocycles. The van der Waals surface area contributed by atoms with Crippen LogP contribution in [0.5, 0.6) is 0 Å². The van der Waals surface area contributed by atoms with Crippen LogP contribution >= 0.6 is 24.0 Å². The monoisotopic (exact) mass is 496 g/mol. The number of rotatable bonds is 11. The molecule has 1 fully saturated rings. The van der Waals surface area contributed by atoms with Crippen molar-refractivity contribution in [2.45, 2.75) is 52.9 Å². The molecule has 0 aliphatic carbocycles. The van der Waals surface area contributed by atoms with Gasteiger partial charge in [0.15, 0.2) is 5.96 Å². The lowest BCUT2D eigenvalue weighted by Crippen LogP contribution is -2.43. The molecule has 1 saturated heterocycles. The maximum Gasteiger partial charge on any atom is 0.243 e. The Bertz CT molecular complexity index is 432. The molecule has 1 aliphatic heterocycles. The van der Waals surface area contributed by atoms with E-state index in [2.05, 4.69) is 29.1 Å². The number of likely N-dealkylation sites (N-methyl/N-ethyl adjacent to an activating group) is 1. The number of nitrogens with one attached hydrogen (secondary N) is 1. The maximum absolute atomic E-state index is 12.0. The lowest BCUT2D eigenvalue weighted by Gasteiger charge is -2.25. The van der Waals surface area contributed by atoms with Gasteiger partial charge in [0.2, 0.25) is 5.91 Å². The third-order valence-corrected chi connectivity index (χ3v) is 5.10. The first-order valence-electron chi connectivity index (χ1n) is 10.3. The van der Waals surface area contributed by atoms with Gasteiger partial charge >= 0.3 is 0 Å². The molecule has 7 heteroatoms. The highest BCUT2D eigenvalue weighted by Crippen LogP contribution is 2.17. The van der Waals surface area contributed by atoms with E-state index in [1.54, 1.807) is 19.0 Å². The van der Waals surface area contributed by atoms with Crippen molar-refractivity contribution in [3.8, 4) is 0 Å². The van der Waals surface area contributed by atoms with Crippen LogP contribution in [0.1, 0.15) is 52.9 Å². The number of likely N-dealkylation sites (tertiary alicyclic amines) is 1. The number of unbranched alkanes of at least 4 members (excludes halogenated alkanes) is 1. The molecule has 1 rings (SSSR count). The zero-order valence-corrected chi connectivity index (χ0v) is 20.3. The Morgan fingerprint density at radius 1 is 1.33 bits per heavy atom. The zero-order chi connectivity index (χ0) is 19.4. The van der Waals surface area contributed by atoms with Crippen LogP contribution in [0.4, 0.5) is 0 Å². The molecule has 0 spiro atoms. The Morgan fingerprint density at radius 2 is 2.07 bits per heavy atom. The summed E-state index contributed by atoms with van der Waals surface area (Å²) in [7, 11) is 3.55. The highest BCUT2D eigenvalue weighted by Gasteiger charge is 2.25. The molecule has 0 saturated carbocycles. The van der Waals surface area contributed by atoms with E-state index >= 15 is 0 Å². The molecule has 0 radical (unpaired) electrons. The van der Waals surface area contributed by atoms with Gasteiger partial charge in [-0.1, -0.05) is 33.1 Å². The molecule has 0 aromatic carbocycles. The highest BCUT2D eigenvalue weighted by atomic mass is 127. The maximum atomic E-state index is 12.0. The molecule has 1 aliphatic rings. The Labute approximate surface area is 183 Å². The van der Waals surface area contributed by atoms with E-state index in [9.17, 15) is 4.79 Å². The number of halogens is 1. The summed E-state index contributed by atoms with van der Waals surface area (Å²) in [5, 5.41) is 3.56. The summed E-state index contributed by atoms with van der Waals surface area (Å²) in [4.78, 5) is 20.5. The first-order valence-corrected chi connectivity index (χ1v) is 10.3. The fraction of sp³-hybridized carbons (Fsp3) is 0.900. The number of guanidine groups is 1. The van der Waals surface area contributed by atoms with Crippen LogP contribution < -0.4 is 5.32 Å². The fourth-order valence-corrected chi connectivity index (χ4v) is 3.18. The number of hydrogen-bond acceptors (Lipinski definition) is 3. The van der Waals surface area contributed by atoms with Crippen LogP contribution in [-0.4, -0.2) is 75.2 Å². The average Bonchev–Trinajstić information content (AvgIpc) is 3.10. The van der Waals surface area contributed by atoms with Gasteiger partial charge in [0.05, 0.1) is 6.61 Å². The van der Waals surface area contributed by atoms with E-state index in [0.717, 1.165) is 45.2 Å². The Balaban J connectivity index is 0.00000676. The first kappa shape index (κ1) is 26.4. The average molecular weight is 496 g/mol. The number of carbonyl (C=O) groups is 1. The van der Waals surface area contributed by atoms with E-state index < -0.39 is 0 Å². The molecule has 0 bridgehead atoms. The minimum absolute atomic E-state index is 0. The summed E-state index contributed by atoms with van der Waals surface area (Å²) in [6.07, 6.45) is 6.04. The van der Waals surface area contributed by atoms with Gasteiger partial charge in [-0.2, -0.15) is 0 Å². The fourth-order valence-electron chi connectivity index (χ4n) is 3.18. The molecule has 1 N–H and O–H groups in total. The van der Waals surface area contributed by atoms with Crippen LogP contribution in [-0.2, 0) is 9.53 Å². The second-order valence-electron chi connectivity index (χ2n) is 7.49. The second-order valence-corrected chi connectivity index (χ2v) is 7.49.